The Hall–Kier alpha value is -4.13. The molecule has 7 heteroatoms. The SMILES string of the molecule is CCOc1nc2cccc(C(=O)OC)c2n1Cc1ccc(-c2ccccc2)c(C(N)=O)c1. The van der Waals surface area contributed by atoms with Gasteiger partial charge < -0.3 is 15.2 Å². The monoisotopic (exact) mass is 429 g/mol. The quantitative estimate of drug-likeness (QED) is 0.447. The molecule has 7 nitrogen and oxygen atoms in total. The minimum atomic E-state index is -0.513. The number of primary amides is 1. The molecule has 4 aromatic rings. The Morgan fingerprint density at radius 3 is 2.47 bits per heavy atom. The van der Waals surface area contributed by atoms with Crippen LogP contribution in [0.5, 0.6) is 6.01 Å². The zero-order chi connectivity index (χ0) is 22.7. The van der Waals surface area contributed by atoms with Crippen LogP contribution in [0.25, 0.3) is 22.2 Å². The fraction of sp³-hybridized carbons (Fsp3) is 0.160. The highest BCUT2D eigenvalue weighted by Crippen LogP contribution is 2.29. The normalized spacial score (nSPS) is 10.8. The Kier molecular flexibility index (Phi) is 5.89. The number of nitrogens with two attached hydrogens (primary N) is 1. The van der Waals surface area contributed by atoms with Crippen molar-refractivity contribution in [1.29, 1.82) is 0 Å². The summed E-state index contributed by atoms with van der Waals surface area (Å²) in [7, 11) is 1.34. The summed E-state index contributed by atoms with van der Waals surface area (Å²) in [5.41, 5.74) is 10.2. The average Bonchev–Trinajstić information content (AvgIpc) is 3.16. The number of para-hydroxylation sites is 1. The van der Waals surface area contributed by atoms with E-state index in [9.17, 15) is 9.59 Å². The summed E-state index contributed by atoms with van der Waals surface area (Å²) >= 11 is 0. The van der Waals surface area contributed by atoms with Crippen LogP contribution in [0.4, 0.5) is 0 Å². The maximum Gasteiger partial charge on any atom is 0.340 e. The van der Waals surface area contributed by atoms with Crippen LogP contribution < -0.4 is 10.5 Å². The number of benzene rings is 3. The number of fused-ring (bicyclic) bond motifs is 1. The van der Waals surface area contributed by atoms with Crippen molar-refractivity contribution in [2.45, 2.75) is 13.5 Å². The minimum absolute atomic E-state index is 0.329. The summed E-state index contributed by atoms with van der Waals surface area (Å²) < 4.78 is 12.5. The molecule has 0 saturated heterocycles. The lowest BCUT2D eigenvalue weighted by Crippen LogP contribution is -2.14. The first-order chi connectivity index (χ1) is 15.5. The van der Waals surface area contributed by atoms with E-state index in [0.717, 1.165) is 16.7 Å². The fourth-order valence-electron chi connectivity index (χ4n) is 3.77. The van der Waals surface area contributed by atoms with Gasteiger partial charge in [-0.25, -0.2) is 4.79 Å². The molecule has 0 aliphatic heterocycles. The fourth-order valence-corrected chi connectivity index (χ4v) is 3.77. The number of hydrogen-bond donors (Lipinski definition) is 1. The molecule has 0 spiro atoms. The molecule has 0 aliphatic carbocycles. The Labute approximate surface area is 185 Å². The lowest BCUT2D eigenvalue weighted by Gasteiger charge is -2.13. The van der Waals surface area contributed by atoms with Crippen LogP contribution in [0.3, 0.4) is 0 Å². The summed E-state index contributed by atoms with van der Waals surface area (Å²) in [6.07, 6.45) is 0. The lowest BCUT2D eigenvalue weighted by molar-refractivity contribution is 0.0602. The second-order valence-corrected chi connectivity index (χ2v) is 7.19. The highest BCUT2D eigenvalue weighted by atomic mass is 16.5. The van der Waals surface area contributed by atoms with Crippen molar-refractivity contribution >= 4 is 22.9 Å². The van der Waals surface area contributed by atoms with E-state index in [1.54, 1.807) is 18.2 Å². The molecule has 1 heterocycles. The number of nitrogens with zero attached hydrogens (tertiary/aromatic N) is 2. The van der Waals surface area contributed by atoms with Crippen molar-refractivity contribution < 1.29 is 19.1 Å². The van der Waals surface area contributed by atoms with Crippen molar-refractivity contribution in [1.82, 2.24) is 9.55 Å². The first kappa shape index (κ1) is 21.1. The topological polar surface area (TPSA) is 96.4 Å². The van der Waals surface area contributed by atoms with Crippen molar-refractivity contribution in [3.8, 4) is 17.1 Å². The minimum Gasteiger partial charge on any atom is -0.465 e. The van der Waals surface area contributed by atoms with E-state index in [4.69, 9.17) is 15.2 Å². The number of methoxy groups -OCH3 is 1. The lowest BCUT2D eigenvalue weighted by atomic mass is 9.97. The molecule has 0 aliphatic rings. The van der Waals surface area contributed by atoms with Gasteiger partial charge >= 0.3 is 5.97 Å². The molecule has 0 bridgehead atoms. The highest BCUT2D eigenvalue weighted by molar-refractivity contribution is 6.02. The predicted octanol–water partition coefficient (Wildman–Crippen LogP) is 4.04. The molecular formula is C25H23N3O4. The third-order valence-corrected chi connectivity index (χ3v) is 5.19. The molecule has 2 N–H and O–H groups in total. The largest absolute Gasteiger partial charge is 0.465 e. The summed E-state index contributed by atoms with van der Waals surface area (Å²) in [4.78, 5) is 29.1. The van der Waals surface area contributed by atoms with Gasteiger partial charge in [0.2, 0.25) is 5.91 Å². The third-order valence-electron chi connectivity index (χ3n) is 5.19. The smallest absolute Gasteiger partial charge is 0.340 e. The van der Waals surface area contributed by atoms with Gasteiger partial charge in [-0.3, -0.25) is 9.36 Å². The van der Waals surface area contributed by atoms with E-state index < -0.39 is 11.9 Å². The molecule has 1 amide bonds. The van der Waals surface area contributed by atoms with E-state index >= 15 is 0 Å². The van der Waals surface area contributed by atoms with E-state index in [1.807, 2.05) is 60.0 Å². The molecule has 1 aromatic heterocycles. The first-order valence-electron chi connectivity index (χ1n) is 10.2. The molecular weight excluding hydrogens is 406 g/mol. The van der Waals surface area contributed by atoms with E-state index in [2.05, 4.69) is 4.98 Å². The third kappa shape index (κ3) is 3.92. The molecule has 0 fully saturated rings. The van der Waals surface area contributed by atoms with Crippen LogP contribution in [-0.2, 0) is 11.3 Å². The Morgan fingerprint density at radius 1 is 1.00 bits per heavy atom. The van der Waals surface area contributed by atoms with Gasteiger partial charge in [0, 0.05) is 5.56 Å². The summed E-state index contributed by atoms with van der Waals surface area (Å²) in [5, 5.41) is 0. The highest BCUT2D eigenvalue weighted by Gasteiger charge is 2.20. The summed E-state index contributed by atoms with van der Waals surface area (Å²) in [6, 6.07) is 20.8. The summed E-state index contributed by atoms with van der Waals surface area (Å²) in [6.45, 7) is 2.61. The average molecular weight is 429 g/mol. The van der Waals surface area contributed by atoms with Crippen LogP contribution in [-0.4, -0.2) is 35.1 Å². The number of ether oxygens (including phenoxy) is 2. The van der Waals surface area contributed by atoms with Gasteiger partial charge in [-0.2, -0.15) is 4.98 Å². The van der Waals surface area contributed by atoms with Gasteiger partial charge in [0.05, 0.1) is 36.9 Å². The maximum atomic E-state index is 12.4. The molecule has 0 unspecified atom stereocenters. The van der Waals surface area contributed by atoms with Crippen LogP contribution in [0.1, 0.15) is 33.2 Å². The van der Waals surface area contributed by atoms with Gasteiger partial charge in [-0.05, 0) is 41.8 Å². The number of carbonyl (C=O) groups is 2. The number of rotatable bonds is 7. The number of imidazole rings is 1. The Balaban J connectivity index is 1.84. The molecule has 32 heavy (non-hydrogen) atoms. The maximum absolute atomic E-state index is 12.4. The Morgan fingerprint density at radius 2 is 1.78 bits per heavy atom. The van der Waals surface area contributed by atoms with Gasteiger partial charge in [0.1, 0.15) is 0 Å². The number of hydrogen-bond acceptors (Lipinski definition) is 5. The summed E-state index contributed by atoms with van der Waals surface area (Å²) in [5.74, 6) is -0.974. The zero-order valence-corrected chi connectivity index (χ0v) is 17.9. The molecule has 0 atom stereocenters. The second-order valence-electron chi connectivity index (χ2n) is 7.19. The number of aromatic nitrogens is 2. The first-order valence-corrected chi connectivity index (χ1v) is 10.2. The standard InChI is InChI=1S/C25H23N3O4/c1-3-32-25-27-21-11-7-10-19(24(30)31-2)22(21)28(25)15-16-12-13-18(20(14-16)23(26)29)17-8-5-4-6-9-17/h4-14H,3,15H2,1-2H3,(H2,26,29). The van der Waals surface area contributed by atoms with E-state index in [0.29, 0.717) is 41.3 Å². The molecule has 162 valence electrons. The Bertz CT molecular complexity index is 1300. The molecule has 0 radical (unpaired) electrons. The van der Waals surface area contributed by atoms with Crippen molar-refractivity contribution in [3.63, 3.8) is 0 Å². The van der Waals surface area contributed by atoms with Crippen molar-refractivity contribution in [2.75, 3.05) is 13.7 Å². The van der Waals surface area contributed by atoms with Crippen molar-refractivity contribution in [2.24, 2.45) is 5.73 Å². The predicted molar refractivity (Wildman–Crippen MR) is 122 cm³/mol. The van der Waals surface area contributed by atoms with Crippen LogP contribution in [0.2, 0.25) is 0 Å². The number of amides is 1. The molecule has 3 aromatic carbocycles. The van der Waals surface area contributed by atoms with Gasteiger partial charge in [-0.1, -0.05) is 48.5 Å². The van der Waals surface area contributed by atoms with Crippen LogP contribution in [0, 0.1) is 0 Å². The van der Waals surface area contributed by atoms with Crippen molar-refractivity contribution in [3.05, 3.63) is 83.4 Å². The second kappa shape index (κ2) is 8.93. The molecule has 0 saturated carbocycles. The number of carbonyl (C=O) groups excluding carboxylic acids is 2. The molecule has 4 rings (SSSR count). The van der Waals surface area contributed by atoms with Crippen LogP contribution >= 0.6 is 0 Å². The van der Waals surface area contributed by atoms with Gasteiger partial charge in [0.25, 0.3) is 6.01 Å². The zero-order valence-electron chi connectivity index (χ0n) is 17.9. The van der Waals surface area contributed by atoms with Crippen LogP contribution in [0.15, 0.2) is 66.7 Å². The number of esters is 1. The van der Waals surface area contributed by atoms with Gasteiger partial charge in [-0.15, -0.1) is 0 Å². The van der Waals surface area contributed by atoms with E-state index in [-0.39, 0.29) is 0 Å². The van der Waals surface area contributed by atoms with E-state index in [1.165, 1.54) is 7.11 Å². The van der Waals surface area contributed by atoms with Gasteiger partial charge in [0.15, 0.2) is 0 Å².